The zero-order valence-electron chi connectivity index (χ0n) is 19.6. The maximum absolute atomic E-state index is 3.65. The summed E-state index contributed by atoms with van der Waals surface area (Å²) in [4.78, 5) is 3.65. The SMILES string of the molecule is c1ccc(-c2ccc(-n3c4cc5[nH]c6ccccc6c5cc4c4c5ccccc5ccc43)cc2)cc1. The van der Waals surface area contributed by atoms with Crippen LogP contribution in [0.5, 0.6) is 0 Å². The molecule has 0 amide bonds. The van der Waals surface area contributed by atoms with E-state index in [-0.39, 0.29) is 0 Å². The molecule has 8 aromatic rings. The summed E-state index contributed by atoms with van der Waals surface area (Å²) in [6.07, 6.45) is 0. The van der Waals surface area contributed by atoms with E-state index in [1.54, 1.807) is 0 Å². The highest BCUT2D eigenvalue weighted by Crippen LogP contribution is 2.40. The molecule has 0 saturated carbocycles. The van der Waals surface area contributed by atoms with E-state index < -0.39 is 0 Å². The zero-order valence-corrected chi connectivity index (χ0v) is 19.6. The summed E-state index contributed by atoms with van der Waals surface area (Å²) in [7, 11) is 0. The van der Waals surface area contributed by atoms with Gasteiger partial charge in [-0.3, -0.25) is 0 Å². The van der Waals surface area contributed by atoms with Gasteiger partial charge in [-0.15, -0.1) is 0 Å². The van der Waals surface area contributed by atoms with Crippen molar-refractivity contribution < 1.29 is 0 Å². The summed E-state index contributed by atoms with van der Waals surface area (Å²) in [5.41, 5.74) is 8.41. The molecule has 0 spiro atoms. The molecule has 0 unspecified atom stereocenters. The molecule has 2 heteroatoms. The molecule has 6 aromatic carbocycles. The molecule has 0 saturated heterocycles. The molecule has 1 N–H and O–H groups in total. The van der Waals surface area contributed by atoms with Crippen LogP contribution in [0.2, 0.25) is 0 Å². The van der Waals surface area contributed by atoms with Crippen LogP contribution >= 0.6 is 0 Å². The number of H-pyrrole nitrogens is 1. The highest BCUT2D eigenvalue weighted by atomic mass is 15.0. The Bertz CT molecular complexity index is 2070. The average Bonchev–Trinajstić information content (AvgIpc) is 3.47. The van der Waals surface area contributed by atoms with Gasteiger partial charge in [-0.1, -0.05) is 91.0 Å². The lowest BCUT2D eigenvalue weighted by Crippen LogP contribution is -1.94. The van der Waals surface area contributed by atoms with E-state index in [4.69, 9.17) is 0 Å². The number of nitrogens with zero attached hydrogens (tertiary/aromatic N) is 1. The van der Waals surface area contributed by atoms with Gasteiger partial charge in [0.2, 0.25) is 0 Å². The van der Waals surface area contributed by atoms with Crippen LogP contribution in [0.3, 0.4) is 0 Å². The van der Waals surface area contributed by atoms with E-state index in [0.717, 1.165) is 5.52 Å². The smallest absolute Gasteiger partial charge is 0.0562 e. The van der Waals surface area contributed by atoms with Crippen LogP contribution < -0.4 is 0 Å². The Balaban J connectivity index is 1.48. The summed E-state index contributed by atoms with van der Waals surface area (Å²) in [5.74, 6) is 0. The summed E-state index contributed by atoms with van der Waals surface area (Å²) >= 11 is 0. The second-order valence-electron chi connectivity index (χ2n) is 9.51. The van der Waals surface area contributed by atoms with Crippen molar-refractivity contribution in [3.63, 3.8) is 0 Å². The third-order valence-electron chi connectivity index (χ3n) is 7.51. The summed E-state index contributed by atoms with van der Waals surface area (Å²) < 4.78 is 2.41. The fourth-order valence-electron chi connectivity index (χ4n) is 5.84. The molecule has 0 aliphatic heterocycles. The predicted octanol–water partition coefficient (Wildman–Crippen LogP) is 9.24. The summed E-state index contributed by atoms with van der Waals surface area (Å²) in [6, 6.07) is 46.0. The van der Waals surface area contributed by atoms with Gasteiger partial charge in [0.25, 0.3) is 0 Å². The van der Waals surface area contributed by atoms with Crippen molar-refractivity contribution in [3.05, 3.63) is 127 Å². The maximum atomic E-state index is 3.65. The van der Waals surface area contributed by atoms with Gasteiger partial charge < -0.3 is 9.55 Å². The molecule has 168 valence electrons. The van der Waals surface area contributed by atoms with Crippen molar-refractivity contribution in [2.24, 2.45) is 0 Å². The molecule has 8 rings (SSSR count). The van der Waals surface area contributed by atoms with Gasteiger partial charge in [0.05, 0.1) is 11.0 Å². The van der Waals surface area contributed by atoms with Crippen molar-refractivity contribution in [1.82, 2.24) is 9.55 Å². The Morgan fingerprint density at radius 3 is 2.03 bits per heavy atom. The number of benzene rings is 6. The molecular formula is C34H22N2. The van der Waals surface area contributed by atoms with E-state index in [0.29, 0.717) is 0 Å². The molecule has 2 heterocycles. The molecule has 0 aliphatic carbocycles. The minimum Gasteiger partial charge on any atom is -0.354 e. The van der Waals surface area contributed by atoms with E-state index in [1.165, 1.54) is 65.7 Å². The van der Waals surface area contributed by atoms with Crippen molar-refractivity contribution >= 4 is 54.4 Å². The van der Waals surface area contributed by atoms with Gasteiger partial charge in [-0.25, -0.2) is 0 Å². The number of rotatable bonds is 2. The Morgan fingerprint density at radius 2 is 1.17 bits per heavy atom. The second kappa shape index (κ2) is 7.34. The van der Waals surface area contributed by atoms with Crippen LogP contribution in [0.4, 0.5) is 0 Å². The highest BCUT2D eigenvalue weighted by molar-refractivity contribution is 6.25. The number of para-hydroxylation sites is 1. The first kappa shape index (κ1) is 19.5. The standard InChI is InChI=1S/C34H22N2/c1-2-8-22(9-3-1)23-14-17-25(18-15-23)36-32-19-16-24-10-4-5-11-26(24)34(32)29-20-28-27-12-6-7-13-30(27)35-31(28)21-33(29)36/h1-21,35H. The third kappa shape index (κ3) is 2.73. The third-order valence-corrected chi connectivity index (χ3v) is 7.51. The van der Waals surface area contributed by atoms with Crippen LogP contribution in [0, 0.1) is 0 Å². The van der Waals surface area contributed by atoms with Crippen molar-refractivity contribution in [3.8, 4) is 16.8 Å². The monoisotopic (exact) mass is 458 g/mol. The number of aromatic nitrogens is 2. The molecule has 0 fully saturated rings. The van der Waals surface area contributed by atoms with Crippen LogP contribution in [0.15, 0.2) is 127 Å². The quantitative estimate of drug-likeness (QED) is 0.266. The van der Waals surface area contributed by atoms with Crippen molar-refractivity contribution in [2.45, 2.75) is 0 Å². The molecule has 0 aliphatic rings. The molecule has 0 atom stereocenters. The molecule has 36 heavy (non-hydrogen) atoms. The fraction of sp³-hybridized carbons (Fsp3) is 0. The highest BCUT2D eigenvalue weighted by Gasteiger charge is 2.17. The Hall–Kier alpha value is -4.82. The lowest BCUT2D eigenvalue weighted by Gasteiger charge is -2.10. The second-order valence-corrected chi connectivity index (χ2v) is 9.51. The summed E-state index contributed by atoms with van der Waals surface area (Å²) in [6.45, 7) is 0. The lowest BCUT2D eigenvalue weighted by molar-refractivity contribution is 1.18. The van der Waals surface area contributed by atoms with Gasteiger partial charge in [0.1, 0.15) is 0 Å². The number of fused-ring (bicyclic) bond motifs is 8. The van der Waals surface area contributed by atoms with Gasteiger partial charge in [-0.2, -0.15) is 0 Å². The van der Waals surface area contributed by atoms with Gasteiger partial charge >= 0.3 is 0 Å². The maximum Gasteiger partial charge on any atom is 0.0562 e. The Morgan fingerprint density at radius 1 is 0.444 bits per heavy atom. The number of nitrogens with one attached hydrogen (secondary N) is 1. The van der Waals surface area contributed by atoms with E-state index in [1.807, 2.05) is 0 Å². The summed E-state index contributed by atoms with van der Waals surface area (Å²) in [5, 5.41) is 7.68. The molecular weight excluding hydrogens is 436 g/mol. The fourth-order valence-corrected chi connectivity index (χ4v) is 5.84. The van der Waals surface area contributed by atoms with E-state index in [9.17, 15) is 0 Å². The first-order chi connectivity index (χ1) is 17.8. The van der Waals surface area contributed by atoms with E-state index in [2.05, 4.69) is 137 Å². The van der Waals surface area contributed by atoms with E-state index >= 15 is 0 Å². The first-order valence-electron chi connectivity index (χ1n) is 12.4. The minimum absolute atomic E-state index is 1.16. The molecule has 2 aromatic heterocycles. The zero-order chi connectivity index (χ0) is 23.6. The van der Waals surface area contributed by atoms with Crippen LogP contribution in [0.1, 0.15) is 0 Å². The van der Waals surface area contributed by atoms with Gasteiger partial charge in [0, 0.05) is 38.3 Å². The molecule has 0 radical (unpaired) electrons. The van der Waals surface area contributed by atoms with Crippen LogP contribution in [0.25, 0.3) is 71.2 Å². The first-order valence-corrected chi connectivity index (χ1v) is 12.4. The van der Waals surface area contributed by atoms with Crippen molar-refractivity contribution in [1.29, 1.82) is 0 Å². The largest absolute Gasteiger partial charge is 0.354 e. The molecule has 0 bridgehead atoms. The lowest BCUT2D eigenvalue weighted by atomic mass is 10.0. The van der Waals surface area contributed by atoms with Gasteiger partial charge in [-0.05, 0) is 58.3 Å². The number of hydrogen-bond acceptors (Lipinski definition) is 0. The Labute approximate surface area is 208 Å². The van der Waals surface area contributed by atoms with Crippen LogP contribution in [-0.4, -0.2) is 9.55 Å². The average molecular weight is 459 g/mol. The van der Waals surface area contributed by atoms with Crippen molar-refractivity contribution in [2.75, 3.05) is 0 Å². The Kier molecular flexibility index (Phi) is 3.97. The number of hydrogen-bond donors (Lipinski definition) is 1. The van der Waals surface area contributed by atoms with Crippen LogP contribution in [-0.2, 0) is 0 Å². The normalized spacial score (nSPS) is 11.9. The predicted molar refractivity (Wildman–Crippen MR) is 153 cm³/mol. The molecule has 2 nitrogen and oxygen atoms in total. The van der Waals surface area contributed by atoms with Gasteiger partial charge in [0.15, 0.2) is 0 Å². The topological polar surface area (TPSA) is 20.7 Å². The minimum atomic E-state index is 1.16. The number of aromatic amines is 1.